The van der Waals surface area contributed by atoms with E-state index in [2.05, 4.69) is 0 Å². The van der Waals surface area contributed by atoms with Gasteiger partial charge in [-0.2, -0.15) is 0 Å². The molecule has 1 aromatic carbocycles. The van der Waals surface area contributed by atoms with Crippen molar-refractivity contribution in [1.82, 2.24) is 4.90 Å². The average molecular weight is 251 g/mol. The Morgan fingerprint density at radius 2 is 2.24 bits per heavy atom. The van der Waals surface area contributed by atoms with Crippen molar-refractivity contribution in [2.24, 2.45) is 0 Å². The van der Waals surface area contributed by atoms with E-state index in [4.69, 9.17) is 4.74 Å². The number of carbonyl (C=O) groups is 2. The molecule has 1 fully saturated rings. The Kier molecular flexibility index (Phi) is 3.68. The van der Waals surface area contributed by atoms with Crippen LogP contribution in [0.25, 0.3) is 0 Å². The predicted molar refractivity (Wildman–Crippen MR) is 66.3 cm³/mol. The number of methoxy groups -OCH3 is 1. The van der Waals surface area contributed by atoms with E-state index in [-0.39, 0.29) is 17.6 Å². The minimum Gasteiger partial charge on any atom is -0.496 e. The number of imide groups is 1. The summed E-state index contributed by atoms with van der Waals surface area (Å²) in [5.41, 5.74) is 0.810. The summed E-state index contributed by atoms with van der Waals surface area (Å²) in [6.45, 7) is 0.511. The van der Waals surface area contributed by atoms with Gasteiger partial charge < -0.3 is 4.74 Å². The molecule has 5 heteroatoms. The summed E-state index contributed by atoms with van der Waals surface area (Å²) in [5, 5.41) is -0.148. The third kappa shape index (κ3) is 2.61. The first-order valence-electron chi connectivity index (χ1n) is 5.31. The van der Waals surface area contributed by atoms with Crippen LogP contribution >= 0.6 is 11.8 Å². The van der Waals surface area contributed by atoms with Gasteiger partial charge in [-0.05, 0) is 6.07 Å². The van der Waals surface area contributed by atoms with E-state index in [0.717, 1.165) is 5.56 Å². The van der Waals surface area contributed by atoms with Crippen molar-refractivity contribution in [2.75, 3.05) is 19.4 Å². The largest absolute Gasteiger partial charge is 0.496 e. The highest BCUT2D eigenvalue weighted by molar-refractivity contribution is 8.13. The summed E-state index contributed by atoms with van der Waals surface area (Å²) < 4.78 is 5.17. The Morgan fingerprint density at radius 3 is 2.88 bits per heavy atom. The van der Waals surface area contributed by atoms with Crippen LogP contribution in [-0.2, 0) is 11.2 Å². The molecule has 0 spiro atoms. The number of nitrogens with zero attached hydrogens (tertiary/aromatic N) is 1. The summed E-state index contributed by atoms with van der Waals surface area (Å²) in [5.74, 6) is 1.21. The number of benzene rings is 1. The van der Waals surface area contributed by atoms with Gasteiger partial charge in [-0.15, -0.1) is 0 Å². The molecular weight excluding hydrogens is 238 g/mol. The smallest absolute Gasteiger partial charge is 0.288 e. The molecule has 17 heavy (non-hydrogen) atoms. The summed E-state index contributed by atoms with van der Waals surface area (Å²) in [4.78, 5) is 24.6. The van der Waals surface area contributed by atoms with Crippen molar-refractivity contribution in [2.45, 2.75) is 6.42 Å². The molecule has 0 aromatic heterocycles. The number of hydrogen-bond donors (Lipinski definition) is 0. The van der Waals surface area contributed by atoms with E-state index in [9.17, 15) is 9.59 Å². The second-order valence-corrected chi connectivity index (χ2v) is 4.69. The van der Waals surface area contributed by atoms with Crippen molar-refractivity contribution in [1.29, 1.82) is 0 Å². The van der Waals surface area contributed by atoms with Crippen molar-refractivity contribution in [3.63, 3.8) is 0 Å². The van der Waals surface area contributed by atoms with Gasteiger partial charge in [0.05, 0.1) is 13.5 Å². The fourth-order valence-electron chi connectivity index (χ4n) is 1.73. The number of hydrogen-bond acceptors (Lipinski definition) is 4. The van der Waals surface area contributed by atoms with Crippen LogP contribution in [0.4, 0.5) is 4.79 Å². The molecule has 0 unspecified atom stereocenters. The van der Waals surface area contributed by atoms with E-state index in [1.807, 2.05) is 24.3 Å². The topological polar surface area (TPSA) is 46.6 Å². The Hall–Kier alpha value is -1.49. The van der Waals surface area contributed by atoms with E-state index >= 15 is 0 Å². The highest BCUT2D eigenvalue weighted by Crippen LogP contribution is 2.22. The maximum Gasteiger partial charge on any atom is 0.288 e. The highest BCUT2D eigenvalue weighted by atomic mass is 32.2. The molecule has 0 aliphatic carbocycles. The number of thioether (sulfide) groups is 1. The minimum atomic E-state index is -0.162. The number of ether oxygens (including phenoxy) is 1. The van der Waals surface area contributed by atoms with E-state index in [1.165, 1.54) is 16.7 Å². The van der Waals surface area contributed by atoms with Crippen LogP contribution in [0.1, 0.15) is 5.56 Å². The lowest BCUT2D eigenvalue weighted by Gasteiger charge is -2.13. The lowest BCUT2D eigenvalue weighted by atomic mass is 10.1. The maximum absolute atomic E-state index is 11.9. The quantitative estimate of drug-likeness (QED) is 0.823. The summed E-state index contributed by atoms with van der Waals surface area (Å²) in [7, 11) is 1.57. The molecule has 1 aliphatic heterocycles. The summed E-state index contributed by atoms with van der Waals surface area (Å²) in [6.07, 6.45) is 0.205. The SMILES string of the molecule is COc1ccccc1CC(=O)N1CCSC1=O. The van der Waals surface area contributed by atoms with Crippen molar-refractivity contribution >= 4 is 22.9 Å². The van der Waals surface area contributed by atoms with Gasteiger partial charge in [-0.3, -0.25) is 14.5 Å². The predicted octanol–water partition coefficient (Wildman–Crippen LogP) is 1.93. The van der Waals surface area contributed by atoms with Gasteiger partial charge >= 0.3 is 0 Å². The first-order valence-corrected chi connectivity index (χ1v) is 6.30. The van der Waals surface area contributed by atoms with E-state index in [1.54, 1.807) is 7.11 Å². The monoisotopic (exact) mass is 251 g/mol. The fraction of sp³-hybridized carbons (Fsp3) is 0.333. The number of rotatable bonds is 3. The number of para-hydroxylation sites is 1. The Labute approximate surface area is 104 Å². The normalized spacial score (nSPS) is 15.1. The molecule has 0 N–H and O–H groups in total. The Bertz CT molecular complexity index is 447. The molecule has 0 bridgehead atoms. The van der Waals surface area contributed by atoms with Gasteiger partial charge in [0.15, 0.2) is 0 Å². The lowest BCUT2D eigenvalue weighted by molar-refractivity contribution is -0.126. The molecule has 0 saturated carbocycles. The molecule has 2 amide bonds. The molecule has 1 heterocycles. The van der Waals surface area contributed by atoms with Gasteiger partial charge in [0.1, 0.15) is 5.75 Å². The molecule has 1 saturated heterocycles. The summed E-state index contributed by atoms with van der Waals surface area (Å²) in [6, 6.07) is 7.35. The zero-order valence-corrected chi connectivity index (χ0v) is 10.3. The molecule has 0 radical (unpaired) electrons. The van der Waals surface area contributed by atoms with Crippen LogP contribution in [0.15, 0.2) is 24.3 Å². The van der Waals surface area contributed by atoms with Gasteiger partial charge in [0.2, 0.25) is 5.91 Å². The third-order valence-corrected chi connectivity index (χ3v) is 3.45. The second-order valence-electron chi connectivity index (χ2n) is 3.65. The maximum atomic E-state index is 11.9. The zero-order valence-electron chi connectivity index (χ0n) is 9.51. The Balaban J connectivity index is 2.10. The first-order chi connectivity index (χ1) is 8.22. The number of carbonyl (C=O) groups excluding carboxylic acids is 2. The second kappa shape index (κ2) is 5.23. The van der Waals surface area contributed by atoms with Crippen molar-refractivity contribution < 1.29 is 14.3 Å². The lowest BCUT2D eigenvalue weighted by Crippen LogP contribution is -2.32. The van der Waals surface area contributed by atoms with Crippen LogP contribution in [0.2, 0.25) is 0 Å². The van der Waals surface area contributed by atoms with Crippen LogP contribution in [0.3, 0.4) is 0 Å². The Morgan fingerprint density at radius 1 is 1.47 bits per heavy atom. The zero-order chi connectivity index (χ0) is 12.3. The molecule has 1 aromatic rings. The molecule has 0 atom stereocenters. The molecule has 90 valence electrons. The van der Waals surface area contributed by atoms with Crippen LogP contribution in [-0.4, -0.2) is 35.5 Å². The third-order valence-electron chi connectivity index (χ3n) is 2.60. The number of amides is 2. The van der Waals surface area contributed by atoms with E-state index < -0.39 is 0 Å². The van der Waals surface area contributed by atoms with Gasteiger partial charge in [0.25, 0.3) is 5.24 Å². The summed E-state index contributed by atoms with van der Waals surface area (Å²) >= 11 is 1.19. The van der Waals surface area contributed by atoms with Crippen LogP contribution < -0.4 is 4.74 Å². The highest BCUT2D eigenvalue weighted by Gasteiger charge is 2.27. The van der Waals surface area contributed by atoms with Crippen molar-refractivity contribution in [3.8, 4) is 5.75 Å². The average Bonchev–Trinajstić information content (AvgIpc) is 2.76. The first kappa shape index (κ1) is 12.0. The fourth-order valence-corrected chi connectivity index (χ4v) is 2.52. The van der Waals surface area contributed by atoms with Crippen LogP contribution in [0.5, 0.6) is 5.75 Å². The molecule has 1 aliphatic rings. The van der Waals surface area contributed by atoms with Gasteiger partial charge in [0, 0.05) is 17.9 Å². The standard InChI is InChI=1S/C12H13NO3S/c1-16-10-5-3-2-4-9(10)8-11(14)13-6-7-17-12(13)15/h2-5H,6-8H2,1H3. The van der Waals surface area contributed by atoms with Crippen molar-refractivity contribution in [3.05, 3.63) is 29.8 Å². The molecule has 4 nitrogen and oxygen atoms in total. The van der Waals surface area contributed by atoms with Crippen LogP contribution in [0, 0.1) is 0 Å². The molecule has 2 rings (SSSR count). The van der Waals surface area contributed by atoms with E-state index in [0.29, 0.717) is 18.0 Å². The van der Waals surface area contributed by atoms with Gasteiger partial charge in [-0.1, -0.05) is 30.0 Å². The minimum absolute atomic E-state index is 0.148. The van der Waals surface area contributed by atoms with Gasteiger partial charge in [-0.25, -0.2) is 0 Å². The molecular formula is C12H13NO3S.